The molecule has 126 valence electrons. The van der Waals surface area contributed by atoms with Crippen LogP contribution in [0.2, 0.25) is 0 Å². The van der Waals surface area contributed by atoms with Crippen molar-refractivity contribution < 1.29 is 24.1 Å². The second-order valence-corrected chi connectivity index (χ2v) is 5.70. The summed E-state index contributed by atoms with van der Waals surface area (Å²) in [6.07, 6.45) is 0. The van der Waals surface area contributed by atoms with Gasteiger partial charge in [0.25, 0.3) is 0 Å². The smallest absolute Gasteiger partial charge is 0.315 e. The topological polar surface area (TPSA) is 68.2 Å². The zero-order valence-corrected chi connectivity index (χ0v) is 13.8. The number of aliphatic carboxylic acids is 1. The lowest BCUT2D eigenvalue weighted by molar-refractivity contribution is -0.137. The van der Waals surface area contributed by atoms with Crippen molar-refractivity contribution in [1.82, 2.24) is 0 Å². The number of nitrogens with zero attached hydrogens (tertiary/aromatic N) is 1. The summed E-state index contributed by atoms with van der Waals surface area (Å²) in [6.45, 7) is 0.150. The normalized spacial score (nSPS) is 13.5. The van der Waals surface area contributed by atoms with Crippen LogP contribution in [0.3, 0.4) is 0 Å². The Bertz CT molecular complexity index is 772. The number of anilines is 1. The van der Waals surface area contributed by atoms with E-state index in [4.69, 9.17) is 14.2 Å². The second-order valence-electron chi connectivity index (χ2n) is 5.70. The third-order valence-electron chi connectivity index (χ3n) is 4.02. The average molecular weight is 329 g/mol. The van der Waals surface area contributed by atoms with Gasteiger partial charge in [-0.2, -0.15) is 0 Å². The van der Waals surface area contributed by atoms with Gasteiger partial charge in [-0.1, -0.05) is 12.1 Å². The van der Waals surface area contributed by atoms with Gasteiger partial charge in [-0.25, -0.2) is 0 Å². The number of hydrogen-bond donors (Lipinski definition) is 1. The summed E-state index contributed by atoms with van der Waals surface area (Å²) in [4.78, 5) is 13.9. The van der Waals surface area contributed by atoms with Crippen molar-refractivity contribution in [3.63, 3.8) is 0 Å². The van der Waals surface area contributed by atoms with Crippen molar-refractivity contribution in [2.75, 3.05) is 32.9 Å². The van der Waals surface area contributed by atoms with Crippen LogP contribution in [0.25, 0.3) is 0 Å². The minimum atomic E-state index is -0.954. The number of ether oxygens (including phenoxy) is 3. The quantitative estimate of drug-likeness (QED) is 0.910. The second kappa shape index (κ2) is 6.31. The average Bonchev–Trinajstić information content (AvgIpc) is 3.02. The SMILES string of the molecule is COc1cc(N(C)C)ccc1C(C(=O)O)c1ccc2c(c1)OCO2. The van der Waals surface area contributed by atoms with E-state index < -0.39 is 11.9 Å². The van der Waals surface area contributed by atoms with Crippen molar-refractivity contribution in [3.8, 4) is 17.2 Å². The lowest BCUT2D eigenvalue weighted by Crippen LogP contribution is -2.15. The summed E-state index contributed by atoms with van der Waals surface area (Å²) in [5, 5.41) is 9.79. The van der Waals surface area contributed by atoms with E-state index in [1.54, 1.807) is 24.3 Å². The van der Waals surface area contributed by atoms with Crippen LogP contribution in [-0.2, 0) is 4.79 Å². The molecule has 0 aromatic heterocycles. The number of rotatable bonds is 5. The van der Waals surface area contributed by atoms with Crippen molar-refractivity contribution in [1.29, 1.82) is 0 Å². The fourth-order valence-electron chi connectivity index (χ4n) is 2.76. The third kappa shape index (κ3) is 2.82. The van der Waals surface area contributed by atoms with Crippen LogP contribution in [0.4, 0.5) is 5.69 Å². The molecule has 3 rings (SSSR count). The summed E-state index contributed by atoms with van der Waals surface area (Å²) in [5.41, 5.74) is 2.14. The van der Waals surface area contributed by atoms with E-state index in [0.717, 1.165) is 5.69 Å². The molecule has 6 nitrogen and oxygen atoms in total. The van der Waals surface area contributed by atoms with Crippen LogP contribution in [0.5, 0.6) is 17.2 Å². The maximum Gasteiger partial charge on any atom is 0.315 e. The molecule has 0 radical (unpaired) electrons. The third-order valence-corrected chi connectivity index (χ3v) is 4.02. The minimum absolute atomic E-state index is 0.150. The number of benzene rings is 2. The van der Waals surface area contributed by atoms with Crippen LogP contribution in [-0.4, -0.2) is 39.1 Å². The zero-order chi connectivity index (χ0) is 17.3. The number of carbonyl (C=O) groups is 1. The van der Waals surface area contributed by atoms with Gasteiger partial charge in [0, 0.05) is 31.4 Å². The predicted octanol–water partition coefficient (Wildman–Crippen LogP) is 2.71. The first-order chi connectivity index (χ1) is 11.5. The highest BCUT2D eigenvalue weighted by molar-refractivity contribution is 5.82. The van der Waals surface area contributed by atoms with E-state index in [-0.39, 0.29) is 6.79 Å². The maximum absolute atomic E-state index is 11.9. The van der Waals surface area contributed by atoms with Crippen LogP contribution in [0.1, 0.15) is 17.0 Å². The molecule has 1 unspecified atom stereocenters. The Balaban J connectivity index is 2.07. The van der Waals surface area contributed by atoms with Gasteiger partial charge in [-0.3, -0.25) is 4.79 Å². The lowest BCUT2D eigenvalue weighted by atomic mass is 9.90. The molecule has 2 aromatic carbocycles. The largest absolute Gasteiger partial charge is 0.496 e. The number of hydrogen-bond acceptors (Lipinski definition) is 5. The minimum Gasteiger partial charge on any atom is -0.496 e. The molecule has 2 aromatic rings. The summed E-state index contributed by atoms with van der Waals surface area (Å²) in [6, 6.07) is 10.7. The first-order valence-corrected chi connectivity index (χ1v) is 7.49. The molecule has 24 heavy (non-hydrogen) atoms. The summed E-state index contributed by atoms with van der Waals surface area (Å²) >= 11 is 0. The fraction of sp³-hybridized carbons (Fsp3) is 0.278. The molecule has 6 heteroatoms. The summed E-state index contributed by atoms with van der Waals surface area (Å²) < 4.78 is 16.1. The Morgan fingerprint density at radius 1 is 1.17 bits per heavy atom. The first-order valence-electron chi connectivity index (χ1n) is 7.49. The number of carboxylic acid groups (broad SMARTS) is 1. The van der Waals surface area contributed by atoms with Crippen LogP contribution in [0, 0.1) is 0 Å². The van der Waals surface area contributed by atoms with Gasteiger partial charge in [0.1, 0.15) is 11.7 Å². The summed E-state index contributed by atoms with van der Waals surface area (Å²) in [5.74, 6) is -0.0952. The highest BCUT2D eigenvalue weighted by atomic mass is 16.7. The first kappa shape index (κ1) is 16.0. The highest BCUT2D eigenvalue weighted by Gasteiger charge is 2.28. The molecule has 1 heterocycles. The Kier molecular flexibility index (Phi) is 4.20. The molecule has 1 N–H and O–H groups in total. The van der Waals surface area contributed by atoms with E-state index in [2.05, 4.69) is 0 Å². The van der Waals surface area contributed by atoms with Crippen molar-refractivity contribution in [3.05, 3.63) is 47.5 Å². The summed E-state index contributed by atoms with van der Waals surface area (Å²) in [7, 11) is 5.37. The molecule has 0 aliphatic carbocycles. The van der Waals surface area contributed by atoms with Gasteiger partial charge in [-0.15, -0.1) is 0 Å². The van der Waals surface area contributed by atoms with Crippen LogP contribution < -0.4 is 19.1 Å². The Labute approximate surface area is 140 Å². The van der Waals surface area contributed by atoms with Crippen molar-refractivity contribution >= 4 is 11.7 Å². The molecular formula is C18H19NO5. The number of methoxy groups -OCH3 is 1. The van der Waals surface area contributed by atoms with Crippen molar-refractivity contribution in [2.24, 2.45) is 0 Å². The number of fused-ring (bicyclic) bond motifs is 1. The van der Waals surface area contributed by atoms with Crippen molar-refractivity contribution in [2.45, 2.75) is 5.92 Å². The lowest BCUT2D eigenvalue weighted by Gasteiger charge is -2.20. The Hall–Kier alpha value is -2.89. The molecule has 0 saturated carbocycles. The molecule has 0 fully saturated rings. The highest BCUT2D eigenvalue weighted by Crippen LogP contribution is 2.39. The maximum atomic E-state index is 11.9. The number of carboxylic acids is 1. The molecular weight excluding hydrogens is 310 g/mol. The predicted molar refractivity (Wildman–Crippen MR) is 89.4 cm³/mol. The molecule has 0 bridgehead atoms. The van der Waals surface area contributed by atoms with Gasteiger partial charge in [0.2, 0.25) is 6.79 Å². The van der Waals surface area contributed by atoms with E-state index in [1.807, 2.05) is 31.1 Å². The Morgan fingerprint density at radius 2 is 1.92 bits per heavy atom. The Morgan fingerprint density at radius 3 is 2.58 bits per heavy atom. The van der Waals surface area contributed by atoms with Crippen LogP contribution >= 0.6 is 0 Å². The van der Waals surface area contributed by atoms with Gasteiger partial charge in [0.05, 0.1) is 7.11 Å². The fourth-order valence-corrected chi connectivity index (χ4v) is 2.76. The zero-order valence-electron chi connectivity index (χ0n) is 13.8. The van der Waals surface area contributed by atoms with E-state index in [1.165, 1.54) is 7.11 Å². The van der Waals surface area contributed by atoms with Gasteiger partial charge in [-0.05, 0) is 23.8 Å². The standard InChI is InChI=1S/C18H19NO5/c1-19(2)12-5-6-13(15(9-12)22-3)17(18(20)21)11-4-7-14-16(8-11)24-10-23-14/h4-9,17H,10H2,1-3H3,(H,20,21). The molecule has 0 amide bonds. The monoisotopic (exact) mass is 329 g/mol. The molecule has 1 atom stereocenters. The molecule has 1 aliphatic heterocycles. The van der Waals surface area contributed by atoms with E-state index in [9.17, 15) is 9.90 Å². The van der Waals surface area contributed by atoms with Gasteiger partial charge in [0.15, 0.2) is 11.5 Å². The molecule has 1 aliphatic rings. The molecule has 0 saturated heterocycles. The molecule has 0 spiro atoms. The van der Waals surface area contributed by atoms with E-state index in [0.29, 0.717) is 28.4 Å². The van der Waals surface area contributed by atoms with E-state index >= 15 is 0 Å². The van der Waals surface area contributed by atoms with Crippen LogP contribution in [0.15, 0.2) is 36.4 Å². The van der Waals surface area contributed by atoms with Gasteiger partial charge >= 0.3 is 5.97 Å². The van der Waals surface area contributed by atoms with Gasteiger partial charge < -0.3 is 24.2 Å².